The minimum atomic E-state index is 0.0108. The van der Waals surface area contributed by atoms with Crippen molar-refractivity contribution in [2.45, 2.75) is 25.1 Å². The molecule has 21 heavy (non-hydrogen) atoms. The van der Waals surface area contributed by atoms with Crippen LogP contribution >= 0.6 is 0 Å². The lowest BCUT2D eigenvalue weighted by molar-refractivity contribution is -0.122. The van der Waals surface area contributed by atoms with Gasteiger partial charge in [-0.2, -0.15) is 0 Å². The zero-order chi connectivity index (χ0) is 15.1. The summed E-state index contributed by atoms with van der Waals surface area (Å²) >= 11 is 0. The molecule has 1 amide bonds. The quantitative estimate of drug-likeness (QED) is 0.790. The average molecular weight is 293 g/mol. The summed E-state index contributed by atoms with van der Waals surface area (Å²) in [6.45, 7) is 2.26. The largest absolute Gasteiger partial charge is 0.383 e. The Hall–Kier alpha value is -1.50. The van der Waals surface area contributed by atoms with Crippen molar-refractivity contribution in [1.29, 1.82) is 0 Å². The summed E-state index contributed by atoms with van der Waals surface area (Å²) in [7, 11) is 3.39. The number of carbonyl (C=O) groups is 1. The van der Waals surface area contributed by atoms with Crippen molar-refractivity contribution in [2.75, 3.05) is 33.9 Å². The molecule has 2 atom stereocenters. The van der Waals surface area contributed by atoms with Crippen LogP contribution in [-0.4, -0.2) is 61.9 Å². The molecule has 1 aliphatic rings. The number of nitrogens with zero attached hydrogens (tertiary/aromatic N) is 2. The highest BCUT2D eigenvalue weighted by Gasteiger charge is 2.32. The first-order chi connectivity index (χ1) is 10.2. The molecule has 1 aliphatic heterocycles. The lowest BCUT2D eigenvalue weighted by atomic mass is 10.2. The van der Waals surface area contributed by atoms with Gasteiger partial charge in [-0.1, -0.05) is 6.07 Å². The van der Waals surface area contributed by atoms with Gasteiger partial charge in [-0.05, 0) is 18.1 Å². The third-order valence-corrected chi connectivity index (χ3v) is 3.74. The number of carbonyl (C=O) groups excluding carboxylic acids is 1. The molecular weight excluding hydrogens is 270 g/mol. The molecule has 6 heteroatoms. The topological polar surface area (TPSA) is 63.7 Å². The highest BCUT2D eigenvalue weighted by Crippen LogP contribution is 2.19. The molecule has 0 saturated carbocycles. The first kappa shape index (κ1) is 15.9. The third kappa shape index (κ3) is 4.77. The maximum Gasteiger partial charge on any atom is 0.234 e. The zero-order valence-corrected chi connectivity index (χ0v) is 12.6. The molecule has 1 aromatic rings. The summed E-state index contributed by atoms with van der Waals surface area (Å²) in [5.41, 5.74) is 0.996. The van der Waals surface area contributed by atoms with Gasteiger partial charge in [0.05, 0.1) is 19.3 Å². The number of nitrogens with one attached hydrogen (secondary N) is 1. The monoisotopic (exact) mass is 293 g/mol. The van der Waals surface area contributed by atoms with Crippen LogP contribution in [0.25, 0.3) is 0 Å². The second-order valence-electron chi connectivity index (χ2n) is 5.27. The van der Waals surface area contributed by atoms with Gasteiger partial charge in [0.15, 0.2) is 0 Å². The van der Waals surface area contributed by atoms with E-state index in [1.807, 2.05) is 12.1 Å². The number of hydrogen-bond acceptors (Lipinski definition) is 5. The Labute approximate surface area is 125 Å². The standard InChI is InChI=1S/C15H23N3O3/c1-20-11-13-6-14(21-2)9-18(13)10-15(19)17-8-12-4-3-5-16-7-12/h3-5,7,13-14H,6,8-11H2,1-2H3,(H,17,19)/t13-,14+/m0/s1. The first-order valence-corrected chi connectivity index (χ1v) is 7.14. The van der Waals surface area contributed by atoms with Crippen LogP contribution in [0.3, 0.4) is 0 Å². The molecule has 116 valence electrons. The van der Waals surface area contributed by atoms with Crippen molar-refractivity contribution in [3.8, 4) is 0 Å². The molecular formula is C15H23N3O3. The van der Waals surface area contributed by atoms with Crippen molar-refractivity contribution >= 4 is 5.91 Å². The van der Waals surface area contributed by atoms with Crippen molar-refractivity contribution in [3.63, 3.8) is 0 Å². The van der Waals surface area contributed by atoms with Crippen LogP contribution in [0.15, 0.2) is 24.5 Å². The molecule has 0 aliphatic carbocycles. The molecule has 0 spiro atoms. The van der Waals surface area contributed by atoms with Crippen LogP contribution in [-0.2, 0) is 20.8 Å². The number of hydrogen-bond donors (Lipinski definition) is 1. The molecule has 2 heterocycles. The molecule has 0 bridgehead atoms. The van der Waals surface area contributed by atoms with Gasteiger partial charge in [-0.25, -0.2) is 0 Å². The summed E-state index contributed by atoms with van der Waals surface area (Å²) in [4.78, 5) is 18.2. The summed E-state index contributed by atoms with van der Waals surface area (Å²) in [5, 5.41) is 2.92. The smallest absolute Gasteiger partial charge is 0.234 e. The minimum Gasteiger partial charge on any atom is -0.383 e. The SMILES string of the molecule is COC[C@@H]1C[C@@H](OC)CN1CC(=O)NCc1cccnc1. The Bertz CT molecular complexity index is 441. The number of amides is 1. The van der Waals surface area contributed by atoms with Gasteiger partial charge in [0.1, 0.15) is 0 Å². The van der Waals surface area contributed by atoms with Gasteiger partial charge in [0.2, 0.25) is 5.91 Å². The molecule has 2 rings (SSSR count). The lowest BCUT2D eigenvalue weighted by Crippen LogP contribution is -2.41. The van der Waals surface area contributed by atoms with Crippen molar-refractivity contribution in [1.82, 2.24) is 15.2 Å². The van der Waals surface area contributed by atoms with Gasteiger partial charge in [-0.15, -0.1) is 0 Å². The van der Waals surface area contributed by atoms with E-state index in [4.69, 9.17) is 9.47 Å². The predicted octanol–water partition coefficient (Wildman–Crippen LogP) is 0.434. The third-order valence-electron chi connectivity index (χ3n) is 3.74. The Morgan fingerprint density at radius 1 is 1.52 bits per heavy atom. The van der Waals surface area contributed by atoms with Crippen molar-refractivity contribution in [2.24, 2.45) is 0 Å². The fourth-order valence-corrected chi connectivity index (χ4v) is 2.61. The highest BCUT2D eigenvalue weighted by molar-refractivity contribution is 5.78. The van der Waals surface area contributed by atoms with E-state index in [9.17, 15) is 4.79 Å². The fourth-order valence-electron chi connectivity index (χ4n) is 2.61. The van der Waals surface area contributed by atoms with Crippen LogP contribution in [0, 0.1) is 0 Å². The van der Waals surface area contributed by atoms with Crippen LogP contribution in [0.1, 0.15) is 12.0 Å². The number of rotatable bonds is 7. The Morgan fingerprint density at radius 2 is 2.38 bits per heavy atom. The van der Waals surface area contributed by atoms with Crippen LogP contribution in [0.2, 0.25) is 0 Å². The molecule has 0 unspecified atom stereocenters. The lowest BCUT2D eigenvalue weighted by Gasteiger charge is -2.22. The van der Waals surface area contributed by atoms with Gasteiger partial charge in [-0.3, -0.25) is 14.7 Å². The fraction of sp³-hybridized carbons (Fsp3) is 0.600. The van der Waals surface area contributed by atoms with E-state index in [0.717, 1.165) is 18.5 Å². The summed E-state index contributed by atoms with van der Waals surface area (Å²) in [6, 6.07) is 4.04. The minimum absolute atomic E-state index is 0.0108. The Morgan fingerprint density at radius 3 is 3.05 bits per heavy atom. The van der Waals surface area contributed by atoms with Gasteiger partial charge in [0.25, 0.3) is 0 Å². The summed E-state index contributed by atoms with van der Waals surface area (Å²) in [6.07, 6.45) is 4.55. The van der Waals surface area contributed by atoms with E-state index in [1.54, 1.807) is 26.6 Å². The van der Waals surface area contributed by atoms with E-state index < -0.39 is 0 Å². The van der Waals surface area contributed by atoms with Crippen LogP contribution in [0.4, 0.5) is 0 Å². The first-order valence-electron chi connectivity index (χ1n) is 7.14. The molecule has 0 radical (unpaired) electrons. The van der Waals surface area contributed by atoms with E-state index in [0.29, 0.717) is 19.7 Å². The molecule has 6 nitrogen and oxygen atoms in total. The van der Waals surface area contributed by atoms with Gasteiger partial charge in [0, 0.05) is 45.7 Å². The molecule has 1 N–H and O–H groups in total. The second-order valence-corrected chi connectivity index (χ2v) is 5.27. The number of likely N-dealkylation sites (tertiary alicyclic amines) is 1. The molecule has 1 fully saturated rings. The predicted molar refractivity (Wildman–Crippen MR) is 78.7 cm³/mol. The number of methoxy groups -OCH3 is 2. The van der Waals surface area contributed by atoms with Gasteiger partial charge < -0.3 is 14.8 Å². The van der Waals surface area contributed by atoms with Crippen LogP contribution < -0.4 is 5.32 Å². The number of aromatic nitrogens is 1. The second kappa shape index (κ2) is 8.07. The van der Waals surface area contributed by atoms with E-state index in [-0.39, 0.29) is 18.1 Å². The number of ether oxygens (including phenoxy) is 2. The Kier molecular flexibility index (Phi) is 6.10. The number of pyridine rings is 1. The molecule has 1 saturated heterocycles. The van der Waals surface area contributed by atoms with Crippen molar-refractivity contribution in [3.05, 3.63) is 30.1 Å². The average Bonchev–Trinajstić information content (AvgIpc) is 2.89. The molecule has 1 aromatic heterocycles. The zero-order valence-electron chi connectivity index (χ0n) is 12.6. The summed E-state index contributed by atoms with van der Waals surface area (Å²) < 4.78 is 10.6. The maximum absolute atomic E-state index is 12.1. The molecule has 0 aromatic carbocycles. The normalized spacial score (nSPS) is 22.4. The van der Waals surface area contributed by atoms with E-state index in [2.05, 4.69) is 15.2 Å². The van der Waals surface area contributed by atoms with Crippen molar-refractivity contribution < 1.29 is 14.3 Å². The van der Waals surface area contributed by atoms with E-state index in [1.165, 1.54) is 0 Å². The van der Waals surface area contributed by atoms with Gasteiger partial charge >= 0.3 is 0 Å². The van der Waals surface area contributed by atoms with Crippen LogP contribution in [0.5, 0.6) is 0 Å². The summed E-state index contributed by atoms with van der Waals surface area (Å²) in [5.74, 6) is 0.0108. The Balaban J connectivity index is 1.80. The van der Waals surface area contributed by atoms with E-state index >= 15 is 0 Å². The maximum atomic E-state index is 12.1. The highest BCUT2D eigenvalue weighted by atomic mass is 16.5.